The summed E-state index contributed by atoms with van der Waals surface area (Å²) in [7, 11) is -0.806. The minimum absolute atomic E-state index is 0.526. The fraction of sp³-hybridized carbons (Fsp3) is 0.167. The van der Waals surface area contributed by atoms with Crippen LogP contribution in [0.3, 0.4) is 0 Å². The van der Waals surface area contributed by atoms with Crippen LogP contribution in [-0.2, 0) is 0 Å². The molecule has 2 aromatic rings. The molecule has 0 saturated heterocycles. The first kappa shape index (κ1) is 12.4. The maximum Gasteiger partial charge on any atom is 0.274 e. The molecule has 2 rings (SSSR count). The fourth-order valence-electron chi connectivity index (χ4n) is 1.31. The van der Waals surface area contributed by atoms with Gasteiger partial charge in [0.05, 0.1) is 6.21 Å². The first-order valence-corrected chi connectivity index (χ1v) is 7.89. The van der Waals surface area contributed by atoms with Gasteiger partial charge in [-0.05, 0) is 25.2 Å². The van der Waals surface area contributed by atoms with E-state index in [0.29, 0.717) is 5.82 Å². The maximum absolute atomic E-state index is 5.77. The van der Waals surface area contributed by atoms with Crippen LogP contribution in [0, 0.1) is 0 Å². The van der Waals surface area contributed by atoms with Crippen molar-refractivity contribution in [1.29, 1.82) is 0 Å². The first-order valence-electron chi connectivity index (χ1n) is 5.49. The summed E-state index contributed by atoms with van der Waals surface area (Å²) in [6, 6.07) is 7.67. The van der Waals surface area contributed by atoms with Crippen molar-refractivity contribution in [3.8, 4) is 5.75 Å². The van der Waals surface area contributed by atoms with Crippen molar-refractivity contribution in [3.05, 3.63) is 42.7 Å². The van der Waals surface area contributed by atoms with Crippen LogP contribution in [0.15, 0.2) is 41.9 Å². The maximum atomic E-state index is 5.77. The van der Waals surface area contributed by atoms with Crippen molar-refractivity contribution in [2.75, 3.05) is 0 Å². The molecule has 0 unspecified atom stereocenters. The van der Waals surface area contributed by atoms with Gasteiger partial charge in [0, 0.05) is 0 Å². The minimum Gasteiger partial charge on any atom is -0.541 e. The zero-order chi connectivity index (χ0) is 12.8. The fourth-order valence-corrected chi connectivity index (χ4v) is 1.92. The Morgan fingerprint density at radius 1 is 1.17 bits per heavy atom. The number of aromatic nitrogens is 3. The Morgan fingerprint density at radius 2 is 1.89 bits per heavy atom. The molecule has 18 heavy (non-hydrogen) atoms. The highest BCUT2D eigenvalue weighted by atomic mass is 28.3. The van der Waals surface area contributed by atoms with Gasteiger partial charge in [-0.1, -0.05) is 12.1 Å². The van der Waals surface area contributed by atoms with E-state index in [1.54, 1.807) is 6.21 Å². The molecule has 0 bridgehead atoms. The van der Waals surface area contributed by atoms with E-state index in [-0.39, 0.29) is 0 Å². The Bertz CT molecular complexity index is 531. The summed E-state index contributed by atoms with van der Waals surface area (Å²) in [5.74, 6) is 1.32. The van der Waals surface area contributed by atoms with Gasteiger partial charge in [0.1, 0.15) is 24.1 Å². The van der Waals surface area contributed by atoms with Gasteiger partial charge in [0.2, 0.25) is 0 Å². The summed E-state index contributed by atoms with van der Waals surface area (Å²) >= 11 is 0. The predicted octanol–water partition coefficient (Wildman–Crippen LogP) is 2.25. The van der Waals surface area contributed by atoms with E-state index < -0.39 is 9.04 Å². The third-order valence-corrected chi connectivity index (χ3v) is 2.64. The van der Waals surface area contributed by atoms with Crippen molar-refractivity contribution in [2.45, 2.75) is 13.1 Å². The Hall–Kier alpha value is -2.08. The number of aliphatic imine (C=N–C) groups is 1. The minimum atomic E-state index is -0.806. The van der Waals surface area contributed by atoms with Crippen LogP contribution in [0.4, 0.5) is 5.69 Å². The van der Waals surface area contributed by atoms with Crippen molar-refractivity contribution >= 4 is 20.9 Å². The van der Waals surface area contributed by atoms with Gasteiger partial charge < -0.3 is 4.43 Å². The second kappa shape index (κ2) is 6.01. The molecule has 0 amide bonds. The molecule has 0 aliphatic rings. The summed E-state index contributed by atoms with van der Waals surface area (Å²) in [5, 5.41) is 0. The number of nitrogens with zero attached hydrogens (tertiary/aromatic N) is 4. The molecule has 0 aliphatic carbocycles. The first-order chi connectivity index (χ1) is 8.75. The molecule has 1 radical (unpaired) electrons. The molecular formula is C12H13N4OSi. The Balaban J connectivity index is 2.21. The number of para-hydroxylation sites is 2. The van der Waals surface area contributed by atoms with Gasteiger partial charge in [-0.3, -0.25) is 0 Å². The lowest BCUT2D eigenvalue weighted by atomic mass is 10.3. The van der Waals surface area contributed by atoms with Crippen LogP contribution >= 0.6 is 0 Å². The van der Waals surface area contributed by atoms with E-state index in [1.165, 1.54) is 12.7 Å². The molecule has 0 saturated carbocycles. The highest BCUT2D eigenvalue weighted by molar-refractivity contribution is 6.49. The Kier molecular flexibility index (Phi) is 4.14. The van der Waals surface area contributed by atoms with E-state index in [1.807, 2.05) is 24.3 Å². The molecule has 1 aromatic heterocycles. The highest BCUT2D eigenvalue weighted by Gasteiger charge is 2.04. The summed E-state index contributed by atoms with van der Waals surface area (Å²) in [6.07, 6.45) is 4.48. The topological polar surface area (TPSA) is 60.3 Å². The average molecular weight is 257 g/mol. The van der Waals surface area contributed by atoms with Gasteiger partial charge in [-0.2, -0.15) is 0 Å². The zero-order valence-electron chi connectivity index (χ0n) is 10.2. The average Bonchev–Trinajstić information content (AvgIpc) is 2.38. The third-order valence-electron chi connectivity index (χ3n) is 2.01. The number of benzene rings is 1. The van der Waals surface area contributed by atoms with Crippen LogP contribution in [0.2, 0.25) is 13.1 Å². The monoisotopic (exact) mass is 257 g/mol. The van der Waals surface area contributed by atoms with Crippen LogP contribution in [-0.4, -0.2) is 30.2 Å². The molecule has 0 aliphatic heterocycles. The van der Waals surface area contributed by atoms with Crippen LogP contribution < -0.4 is 4.43 Å². The van der Waals surface area contributed by atoms with Crippen molar-refractivity contribution in [1.82, 2.24) is 15.0 Å². The number of hydrogen-bond acceptors (Lipinski definition) is 5. The molecule has 6 heteroatoms. The lowest BCUT2D eigenvalue weighted by molar-refractivity contribution is 0.582. The van der Waals surface area contributed by atoms with E-state index >= 15 is 0 Å². The summed E-state index contributed by atoms with van der Waals surface area (Å²) in [6.45, 7) is 4.16. The highest BCUT2D eigenvalue weighted by Crippen LogP contribution is 2.27. The van der Waals surface area contributed by atoms with Gasteiger partial charge in [-0.25, -0.2) is 19.9 Å². The van der Waals surface area contributed by atoms with E-state index in [2.05, 4.69) is 33.0 Å². The quantitative estimate of drug-likeness (QED) is 0.622. The van der Waals surface area contributed by atoms with Crippen LogP contribution in [0.25, 0.3) is 0 Å². The molecule has 0 N–H and O–H groups in total. The zero-order valence-corrected chi connectivity index (χ0v) is 11.2. The number of hydrogen-bond donors (Lipinski definition) is 0. The van der Waals surface area contributed by atoms with Crippen molar-refractivity contribution < 1.29 is 4.43 Å². The second-order valence-corrected chi connectivity index (χ2v) is 5.75. The smallest absolute Gasteiger partial charge is 0.274 e. The van der Waals surface area contributed by atoms with Gasteiger partial charge >= 0.3 is 0 Å². The molecule has 5 nitrogen and oxygen atoms in total. The summed E-state index contributed by atoms with van der Waals surface area (Å²) < 4.78 is 5.77. The van der Waals surface area contributed by atoms with E-state index in [9.17, 15) is 0 Å². The molecule has 0 spiro atoms. The normalized spacial score (nSPS) is 11.1. The second-order valence-electron chi connectivity index (χ2n) is 3.73. The van der Waals surface area contributed by atoms with Gasteiger partial charge in [-0.15, -0.1) is 0 Å². The van der Waals surface area contributed by atoms with E-state index in [4.69, 9.17) is 4.43 Å². The van der Waals surface area contributed by atoms with E-state index in [0.717, 1.165) is 11.4 Å². The Labute approximate surface area is 107 Å². The van der Waals surface area contributed by atoms with Gasteiger partial charge in [0.15, 0.2) is 5.82 Å². The molecule has 1 aromatic carbocycles. The standard InChI is InChI=1S/C12H13N4OSi/c1-18(2)17-11-6-4-3-5-10(11)14-7-12-15-8-13-9-16-12/h3-9H,1-2H3. The molecule has 0 fully saturated rings. The molecule has 91 valence electrons. The Morgan fingerprint density at radius 3 is 2.61 bits per heavy atom. The lowest BCUT2D eigenvalue weighted by Crippen LogP contribution is -2.11. The molecule has 1 heterocycles. The van der Waals surface area contributed by atoms with Crippen LogP contribution in [0.1, 0.15) is 5.82 Å². The lowest BCUT2D eigenvalue weighted by Gasteiger charge is -2.10. The number of rotatable bonds is 4. The largest absolute Gasteiger partial charge is 0.541 e. The SMILES string of the molecule is C[Si](C)Oc1ccccc1N=Cc1ncncn1. The molecule has 0 atom stereocenters. The van der Waals surface area contributed by atoms with Crippen molar-refractivity contribution in [3.63, 3.8) is 0 Å². The van der Waals surface area contributed by atoms with Crippen molar-refractivity contribution in [2.24, 2.45) is 4.99 Å². The summed E-state index contributed by atoms with van der Waals surface area (Å²) in [4.78, 5) is 16.1. The summed E-state index contributed by atoms with van der Waals surface area (Å²) in [5.41, 5.74) is 0.782. The third kappa shape index (κ3) is 3.46. The van der Waals surface area contributed by atoms with Gasteiger partial charge in [0.25, 0.3) is 9.04 Å². The predicted molar refractivity (Wildman–Crippen MR) is 71.6 cm³/mol. The van der Waals surface area contributed by atoms with Crippen LogP contribution in [0.5, 0.6) is 5.75 Å². The molecular weight excluding hydrogens is 244 g/mol.